The largest absolute Gasteiger partial charge is 0.480 e. The topological polar surface area (TPSA) is 103 Å². The Bertz CT molecular complexity index is 954. The predicted octanol–water partition coefficient (Wildman–Crippen LogP) is 2.49. The number of carboxylic acids is 1. The van der Waals surface area contributed by atoms with Crippen LogP contribution in [0.1, 0.15) is 50.8 Å². The van der Waals surface area contributed by atoms with E-state index in [0.717, 1.165) is 25.7 Å². The lowest BCUT2D eigenvalue weighted by Crippen LogP contribution is -2.46. The molecular formula is C21H25N3O4. The van der Waals surface area contributed by atoms with Crippen molar-refractivity contribution in [3.63, 3.8) is 0 Å². The van der Waals surface area contributed by atoms with E-state index in [2.05, 4.69) is 9.97 Å². The van der Waals surface area contributed by atoms with Crippen LogP contribution in [0.2, 0.25) is 0 Å². The lowest BCUT2D eigenvalue weighted by atomic mass is 9.84. The third-order valence-electron chi connectivity index (χ3n) is 6.13. The van der Waals surface area contributed by atoms with E-state index in [1.807, 2.05) is 6.07 Å². The molecular weight excluding hydrogens is 358 g/mol. The fraction of sp³-hybridized carbons (Fsp3) is 0.524. The van der Waals surface area contributed by atoms with Crippen molar-refractivity contribution >= 4 is 22.8 Å². The van der Waals surface area contributed by atoms with Crippen LogP contribution in [0.25, 0.3) is 10.9 Å². The third kappa shape index (κ3) is 3.53. The van der Waals surface area contributed by atoms with Crippen molar-refractivity contribution in [3.05, 3.63) is 40.4 Å². The van der Waals surface area contributed by atoms with Crippen molar-refractivity contribution in [2.45, 2.75) is 63.5 Å². The highest BCUT2D eigenvalue weighted by Crippen LogP contribution is 2.40. The van der Waals surface area contributed by atoms with E-state index in [9.17, 15) is 19.5 Å². The maximum Gasteiger partial charge on any atom is 0.326 e. The Hall–Kier alpha value is -2.70. The van der Waals surface area contributed by atoms with E-state index < -0.39 is 12.0 Å². The minimum atomic E-state index is -0.900. The molecule has 4 rings (SSSR count). The first-order chi connectivity index (χ1) is 13.5. The summed E-state index contributed by atoms with van der Waals surface area (Å²) in [6.45, 7) is 0. The first kappa shape index (κ1) is 18.7. The second kappa shape index (κ2) is 7.73. The molecule has 0 bridgehead atoms. The van der Waals surface area contributed by atoms with Crippen molar-refractivity contribution in [3.8, 4) is 0 Å². The van der Waals surface area contributed by atoms with Crippen LogP contribution in [0.3, 0.4) is 0 Å². The summed E-state index contributed by atoms with van der Waals surface area (Å²) in [6, 6.07) is 6.53. The number of rotatable bonds is 5. The van der Waals surface area contributed by atoms with Crippen LogP contribution in [0, 0.1) is 5.92 Å². The van der Waals surface area contributed by atoms with Gasteiger partial charge in [0.25, 0.3) is 5.56 Å². The number of fused-ring (bicyclic) bond motifs is 2. The average molecular weight is 383 g/mol. The standard InChI is InChI=1S/C21H25N3O4/c25-19(24-16-9-4-1-6-13(16)12-17(24)21(27)28)11-5-10-18-22-15-8-3-2-7-14(15)20(26)23-18/h2-3,7-8,13,16-17H,1,4-6,9-12H2,(H,27,28)(H,22,23,26)/t13-,16+,17-/m0/s1. The number of likely N-dealkylation sites (tertiary alicyclic amines) is 1. The van der Waals surface area contributed by atoms with Gasteiger partial charge in [-0.15, -0.1) is 0 Å². The number of nitrogens with one attached hydrogen (secondary N) is 1. The molecule has 2 fully saturated rings. The summed E-state index contributed by atoms with van der Waals surface area (Å²) in [7, 11) is 0. The van der Waals surface area contributed by atoms with Gasteiger partial charge in [-0.05, 0) is 43.7 Å². The molecule has 1 aliphatic carbocycles. The van der Waals surface area contributed by atoms with Crippen LogP contribution in [0.4, 0.5) is 0 Å². The van der Waals surface area contributed by atoms with Gasteiger partial charge < -0.3 is 15.0 Å². The summed E-state index contributed by atoms with van der Waals surface area (Å²) >= 11 is 0. The van der Waals surface area contributed by atoms with Gasteiger partial charge in [0.2, 0.25) is 5.91 Å². The zero-order valence-corrected chi connectivity index (χ0v) is 15.8. The third-order valence-corrected chi connectivity index (χ3v) is 6.13. The molecule has 3 atom stereocenters. The molecule has 28 heavy (non-hydrogen) atoms. The van der Waals surface area contributed by atoms with Gasteiger partial charge in [0, 0.05) is 18.9 Å². The molecule has 2 aromatic rings. The number of aryl methyl sites for hydroxylation is 1. The fourth-order valence-corrected chi connectivity index (χ4v) is 4.83. The minimum absolute atomic E-state index is 0.0703. The van der Waals surface area contributed by atoms with Crippen molar-refractivity contribution in [2.75, 3.05) is 0 Å². The Kier molecular flexibility index (Phi) is 5.15. The second-order valence-corrected chi connectivity index (χ2v) is 7.89. The fourth-order valence-electron chi connectivity index (χ4n) is 4.83. The minimum Gasteiger partial charge on any atom is -0.480 e. The first-order valence-corrected chi connectivity index (χ1v) is 10.1. The van der Waals surface area contributed by atoms with Gasteiger partial charge in [-0.25, -0.2) is 9.78 Å². The maximum atomic E-state index is 12.9. The summed E-state index contributed by atoms with van der Waals surface area (Å²) in [6.07, 6.45) is 5.94. The summed E-state index contributed by atoms with van der Waals surface area (Å²) in [5.74, 6) is -0.117. The van der Waals surface area contributed by atoms with Gasteiger partial charge >= 0.3 is 5.97 Å². The van der Waals surface area contributed by atoms with Crippen LogP contribution in [-0.2, 0) is 16.0 Å². The van der Waals surface area contributed by atoms with Gasteiger partial charge in [0.1, 0.15) is 11.9 Å². The van der Waals surface area contributed by atoms with Crippen molar-refractivity contribution in [1.82, 2.24) is 14.9 Å². The van der Waals surface area contributed by atoms with E-state index in [0.29, 0.717) is 41.9 Å². The molecule has 1 aliphatic heterocycles. The van der Waals surface area contributed by atoms with Crippen LogP contribution >= 0.6 is 0 Å². The summed E-state index contributed by atoms with van der Waals surface area (Å²) in [4.78, 5) is 45.6. The molecule has 1 amide bonds. The first-order valence-electron chi connectivity index (χ1n) is 10.1. The lowest BCUT2D eigenvalue weighted by molar-refractivity contribution is -0.149. The number of aliphatic carboxylic acids is 1. The second-order valence-electron chi connectivity index (χ2n) is 7.89. The Morgan fingerprint density at radius 3 is 2.82 bits per heavy atom. The highest BCUT2D eigenvalue weighted by Gasteiger charge is 2.47. The normalized spacial score (nSPS) is 24.3. The molecule has 1 saturated carbocycles. The number of amides is 1. The molecule has 1 aromatic heterocycles. The van der Waals surface area contributed by atoms with E-state index in [4.69, 9.17) is 0 Å². The predicted molar refractivity (Wildman–Crippen MR) is 104 cm³/mol. The van der Waals surface area contributed by atoms with Gasteiger partial charge in [-0.2, -0.15) is 0 Å². The molecule has 2 aliphatic rings. The summed E-state index contributed by atoms with van der Waals surface area (Å²) in [5.41, 5.74) is 0.463. The van der Waals surface area contributed by atoms with E-state index in [-0.39, 0.29) is 23.9 Å². The number of hydrogen-bond donors (Lipinski definition) is 2. The van der Waals surface area contributed by atoms with E-state index in [1.165, 1.54) is 0 Å². The number of H-pyrrole nitrogens is 1. The van der Waals surface area contributed by atoms with Gasteiger partial charge in [-0.3, -0.25) is 9.59 Å². The summed E-state index contributed by atoms with van der Waals surface area (Å²) < 4.78 is 0. The number of aromatic nitrogens is 2. The molecule has 1 saturated heterocycles. The molecule has 148 valence electrons. The number of carbonyl (C=O) groups excluding carboxylic acids is 1. The zero-order valence-electron chi connectivity index (χ0n) is 15.8. The Balaban J connectivity index is 1.42. The molecule has 0 unspecified atom stereocenters. The quantitative estimate of drug-likeness (QED) is 0.826. The van der Waals surface area contributed by atoms with Crippen LogP contribution in [0.15, 0.2) is 29.1 Å². The highest BCUT2D eigenvalue weighted by molar-refractivity contribution is 5.84. The molecule has 7 nitrogen and oxygen atoms in total. The van der Waals surface area contributed by atoms with Crippen LogP contribution in [-0.4, -0.2) is 43.9 Å². The number of carbonyl (C=O) groups is 2. The Morgan fingerprint density at radius 1 is 1.21 bits per heavy atom. The van der Waals surface area contributed by atoms with E-state index >= 15 is 0 Å². The van der Waals surface area contributed by atoms with Gasteiger partial charge in [0.05, 0.1) is 10.9 Å². The van der Waals surface area contributed by atoms with Gasteiger partial charge in [0.15, 0.2) is 0 Å². The molecule has 1 aromatic carbocycles. The average Bonchev–Trinajstić information content (AvgIpc) is 3.08. The summed E-state index contributed by atoms with van der Waals surface area (Å²) in [5, 5.41) is 10.1. The smallest absolute Gasteiger partial charge is 0.326 e. The Labute approximate surface area is 162 Å². The zero-order chi connectivity index (χ0) is 19.7. The van der Waals surface area contributed by atoms with Crippen LogP contribution in [0.5, 0.6) is 0 Å². The number of para-hydroxylation sites is 1. The van der Waals surface area contributed by atoms with E-state index in [1.54, 1.807) is 23.1 Å². The number of carboxylic acid groups (broad SMARTS) is 1. The number of hydrogen-bond acceptors (Lipinski definition) is 4. The van der Waals surface area contributed by atoms with Gasteiger partial charge in [-0.1, -0.05) is 25.0 Å². The number of nitrogens with zero attached hydrogens (tertiary/aromatic N) is 2. The monoisotopic (exact) mass is 383 g/mol. The number of benzene rings is 1. The van der Waals surface area contributed by atoms with Crippen molar-refractivity contribution < 1.29 is 14.7 Å². The highest BCUT2D eigenvalue weighted by atomic mass is 16.4. The molecule has 0 radical (unpaired) electrons. The lowest BCUT2D eigenvalue weighted by Gasteiger charge is -2.33. The van der Waals surface area contributed by atoms with Crippen molar-refractivity contribution in [1.29, 1.82) is 0 Å². The number of aromatic amines is 1. The molecule has 2 heterocycles. The molecule has 0 spiro atoms. The van der Waals surface area contributed by atoms with Crippen molar-refractivity contribution in [2.24, 2.45) is 5.92 Å². The Morgan fingerprint density at radius 2 is 2.00 bits per heavy atom. The van der Waals surface area contributed by atoms with Crippen LogP contribution < -0.4 is 5.56 Å². The maximum absolute atomic E-state index is 12.9. The SMILES string of the molecule is O=C(O)[C@@H]1C[C@@H]2CCCC[C@H]2N1C(=O)CCCc1nc2ccccc2c(=O)[nH]1. The molecule has 2 N–H and O–H groups in total. The molecule has 7 heteroatoms.